The zero-order valence-electron chi connectivity index (χ0n) is 16.0. The lowest BCUT2D eigenvalue weighted by molar-refractivity contribution is -0.142. The molecule has 0 aromatic carbocycles. The smallest absolute Gasteiger partial charge is 0.227 e. The predicted molar refractivity (Wildman–Crippen MR) is 99.1 cm³/mol. The Morgan fingerprint density at radius 1 is 1.04 bits per heavy atom. The standard InChI is InChI=1S/C19H35N3O4/c23-11-15-26-12-8-20-6-3-18(4-7-20)22-5-1-2-17(16-22)19(24)21-9-13-25-14-10-21/h17-18,23H,1-16H2/t17-/m1/s1. The number of ether oxygens (including phenoxy) is 2. The van der Waals surface area contributed by atoms with Gasteiger partial charge in [-0.3, -0.25) is 9.69 Å². The monoisotopic (exact) mass is 369 g/mol. The molecule has 0 radical (unpaired) electrons. The number of carbonyl (C=O) groups is 1. The van der Waals surface area contributed by atoms with Crippen LogP contribution >= 0.6 is 0 Å². The molecular weight excluding hydrogens is 334 g/mol. The van der Waals surface area contributed by atoms with Crippen LogP contribution in [0.25, 0.3) is 0 Å². The third kappa shape index (κ3) is 5.63. The van der Waals surface area contributed by atoms with Crippen molar-refractivity contribution in [2.45, 2.75) is 31.7 Å². The second-order valence-electron chi connectivity index (χ2n) is 7.68. The van der Waals surface area contributed by atoms with Crippen LogP contribution in [0, 0.1) is 5.92 Å². The molecule has 150 valence electrons. The number of morpholine rings is 1. The first-order chi connectivity index (χ1) is 12.8. The van der Waals surface area contributed by atoms with Crippen molar-refractivity contribution < 1.29 is 19.4 Å². The quantitative estimate of drug-likeness (QED) is 0.639. The van der Waals surface area contributed by atoms with Crippen LogP contribution in [0.3, 0.4) is 0 Å². The van der Waals surface area contributed by atoms with Crippen LogP contribution < -0.4 is 0 Å². The topological polar surface area (TPSA) is 65.5 Å². The van der Waals surface area contributed by atoms with Crippen LogP contribution in [0.15, 0.2) is 0 Å². The lowest BCUT2D eigenvalue weighted by Crippen LogP contribution is -2.52. The second-order valence-corrected chi connectivity index (χ2v) is 7.68. The summed E-state index contributed by atoms with van der Waals surface area (Å²) in [6.07, 6.45) is 4.53. The van der Waals surface area contributed by atoms with Gasteiger partial charge in [-0.15, -0.1) is 0 Å². The molecule has 0 unspecified atom stereocenters. The highest BCUT2D eigenvalue weighted by Gasteiger charge is 2.33. The summed E-state index contributed by atoms with van der Waals surface area (Å²) in [5.41, 5.74) is 0. The minimum absolute atomic E-state index is 0.0986. The molecule has 0 spiro atoms. The lowest BCUT2D eigenvalue weighted by Gasteiger charge is -2.43. The van der Waals surface area contributed by atoms with E-state index in [-0.39, 0.29) is 12.5 Å². The molecule has 26 heavy (non-hydrogen) atoms. The van der Waals surface area contributed by atoms with Crippen molar-refractivity contribution in [2.24, 2.45) is 5.92 Å². The van der Waals surface area contributed by atoms with E-state index >= 15 is 0 Å². The molecule has 3 saturated heterocycles. The van der Waals surface area contributed by atoms with E-state index in [9.17, 15) is 4.79 Å². The number of carbonyl (C=O) groups excluding carboxylic acids is 1. The summed E-state index contributed by atoms with van der Waals surface area (Å²) in [4.78, 5) is 19.8. The molecule has 3 aliphatic rings. The number of aliphatic hydroxyl groups is 1. The number of amides is 1. The van der Waals surface area contributed by atoms with E-state index in [0.29, 0.717) is 38.4 Å². The maximum Gasteiger partial charge on any atom is 0.227 e. The SMILES string of the molecule is O=C([C@@H]1CCCN(C2CCN(CCOCCO)CC2)C1)N1CCOCC1. The van der Waals surface area contributed by atoms with Crippen molar-refractivity contribution in [1.82, 2.24) is 14.7 Å². The van der Waals surface area contributed by atoms with Crippen molar-refractivity contribution >= 4 is 5.91 Å². The molecule has 3 heterocycles. The molecule has 7 nitrogen and oxygen atoms in total. The Balaban J connectivity index is 1.40. The van der Waals surface area contributed by atoms with Gasteiger partial charge in [-0.1, -0.05) is 0 Å². The molecule has 3 aliphatic heterocycles. The third-order valence-corrected chi connectivity index (χ3v) is 5.99. The number of piperidine rings is 2. The maximum absolute atomic E-state index is 12.8. The predicted octanol–water partition coefficient (Wildman–Crippen LogP) is 0.0305. The van der Waals surface area contributed by atoms with Crippen molar-refractivity contribution in [3.05, 3.63) is 0 Å². The minimum atomic E-state index is 0.0986. The maximum atomic E-state index is 12.8. The summed E-state index contributed by atoms with van der Waals surface area (Å²) in [6.45, 7) is 9.33. The summed E-state index contributed by atoms with van der Waals surface area (Å²) in [6, 6.07) is 0.616. The van der Waals surface area contributed by atoms with Gasteiger partial charge in [-0.25, -0.2) is 0 Å². The average molecular weight is 370 g/mol. The zero-order valence-corrected chi connectivity index (χ0v) is 16.0. The van der Waals surface area contributed by atoms with Crippen LogP contribution in [0.4, 0.5) is 0 Å². The number of likely N-dealkylation sites (tertiary alicyclic amines) is 2. The highest BCUT2D eigenvalue weighted by Crippen LogP contribution is 2.25. The molecule has 0 aromatic rings. The fourth-order valence-corrected chi connectivity index (χ4v) is 4.45. The largest absolute Gasteiger partial charge is 0.394 e. The average Bonchev–Trinajstić information content (AvgIpc) is 2.72. The van der Waals surface area contributed by atoms with Crippen molar-refractivity contribution in [3.63, 3.8) is 0 Å². The minimum Gasteiger partial charge on any atom is -0.394 e. The third-order valence-electron chi connectivity index (χ3n) is 5.99. The molecule has 0 bridgehead atoms. The number of hydrogen-bond acceptors (Lipinski definition) is 6. The molecule has 0 saturated carbocycles. The highest BCUT2D eigenvalue weighted by atomic mass is 16.5. The van der Waals surface area contributed by atoms with Gasteiger partial charge in [0.25, 0.3) is 0 Å². The van der Waals surface area contributed by atoms with Gasteiger partial charge in [-0.2, -0.15) is 0 Å². The summed E-state index contributed by atoms with van der Waals surface area (Å²) in [5, 5.41) is 8.75. The normalized spacial score (nSPS) is 27.0. The van der Waals surface area contributed by atoms with Gasteiger partial charge >= 0.3 is 0 Å². The molecule has 0 aromatic heterocycles. The van der Waals surface area contributed by atoms with Gasteiger partial charge in [0.2, 0.25) is 5.91 Å². The Morgan fingerprint density at radius 3 is 2.54 bits per heavy atom. The molecule has 3 fully saturated rings. The lowest BCUT2D eigenvalue weighted by atomic mass is 9.92. The Bertz CT molecular complexity index is 423. The van der Waals surface area contributed by atoms with Gasteiger partial charge in [0.05, 0.1) is 39.0 Å². The first kappa shape index (κ1) is 20.0. The fraction of sp³-hybridized carbons (Fsp3) is 0.947. The summed E-state index contributed by atoms with van der Waals surface area (Å²) >= 11 is 0. The van der Waals surface area contributed by atoms with Gasteiger partial charge in [0.15, 0.2) is 0 Å². The van der Waals surface area contributed by atoms with E-state index in [1.807, 2.05) is 4.90 Å². The van der Waals surface area contributed by atoms with Crippen molar-refractivity contribution in [2.75, 3.05) is 78.8 Å². The molecule has 1 amide bonds. The van der Waals surface area contributed by atoms with Gasteiger partial charge in [0, 0.05) is 32.2 Å². The Morgan fingerprint density at radius 2 is 1.81 bits per heavy atom. The second kappa shape index (κ2) is 10.6. The van der Waals surface area contributed by atoms with E-state index in [2.05, 4.69) is 9.80 Å². The fourth-order valence-electron chi connectivity index (χ4n) is 4.45. The van der Waals surface area contributed by atoms with Crippen LogP contribution in [-0.4, -0.2) is 111 Å². The van der Waals surface area contributed by atoms with Crippen molar-refractivity contribution in [3.8, 4) is 0 Å². The first-order valence-corrected chi connectivity index (χ1v) is 10.3. The van der Waals surface area contributed by atoms with E-state index in [0.717, 1.165) is 58.7 Å². The molecule has 0 aliphatic carbocycles. The number of hydrogen-bond donors (Lipinski definition) is 1. The Hall–Kier alpha value is -0.730. The van der Waals surface area contributed by atoms with Crippen LogP contribution in [-0.2, 0) is 14.3 Å². The Kier molecular flexibility index (Phi) is 8.13. The van der Waals surface area contributed by atoms with Gasteiger partial charge in [-0.05, 0) is 45.3 Å². The van der Waals surface area contributed by atoms with Crippen LogP contribution in [0.1, 0.15) is 25.7 Å². The summed E-state index contributed by atoms with van der Waals surface area (Å²) in [5.74, 6) is 0.517. The van der Waals surface area contributed by atoms with Gasteiger partial charge < -0.3 is 24.4 Å². The van der Waals surface area contributed by atoms with Crippen molar-refractivity contribution in [1.29, 1.82) is 0 Å². The summed E-state index contributed by atoms with van der Waals surface area (Å²) < 4.78 is 10.7. The number of aliphatic hydroxyl groups excluding tert-OH is 1. The van der Waals surface area contributed by atoms with Gasteiger partial charge in [0.1, 0.15) is 0 Å². The number of nitrogens with zero attached hydrogens (tertiary/aromatic N) is 3. The van der Waals surface area contributed by atoms with E-state index < -0.39 is 0 Å². The number of rotatable bonds is 7. The molecule has 7 heteroatoms. The van der Waals surface area contributed by atoms with E-state index in [1.165, 1.54) is 12.8 Å². The van der Waals surface area contributed by atoms with Crippen LogP contribution in [0.5, 0.6) is 0 Å². The molecule has 1 atom stereocenters. The molecule has 3 rings (SSSR count). The van der Waals surface area contributed by atoms with E-state index in [1.54, 1.807) is 0 Å². The molecular formula is C19H35N3O4. The Labute approximate surface area is 157 Å². The van der Waals surface area contributed by atoms with Crippen LogP contribution in [0.2, 0.25) is 0 Å². The zero-order chi connectivity index (χ0) is 18.2. The molecule has 1 N–H and O–H groups in total. The summed E-state index contributed by atoms with van der Waals surface area (Å²) in [7, 11) is 0. The van der Waals surface area contributed by atoms with E-state index in [4.69, 9.17) is 14.6 Å². The highest BCUT2D eigenvalue weighted by molar-refractivity contribution is 5.79. The first-order valence-electron chi connectivity index (χ1n) is 10.3.